The van der Waals surface area contributed by atoms with Crippen LogP contribution in [0.4, 0.5) is 0 Å². The Morgan fingerprint density at radius 2 is 2.00 bits per heavy atom. The van der Waals surface area contributed by atoms with Crippen molar-refractivity contribution in [2.45, 2.75) is 25.5 Å². The molecule has 0 spiro atoms. The summed E-state index contributed by atoms with van der Waals surface area (Å²) in [5.74, 6) is -0.116. The van der Waals surface area contributed by atoms with Crippen LogP contribution in [0.2, 0.25) is 0 Å². The predicted octanol–water partition coefficient (Wildman–Crippen LogP) is 1.26. The zero-order valence-corrected chi connectivity index (χ0v) is 14.4. The lowest BCUT2D eigenvalue weighted by molar-refractivity contribution is -0.115. The Kier molecular flexibility index (Phi) is 5.48. The summed E-state index contributed by atoms with van der Waals surface area (Å²) in [6, 6.07) is 10.2. The van der Waals surface area contributed by atoms with Crippen LogP contribution in [0.3, 0.4) is 0 Å². The lowest BCUT2D eigenvalue weighted by Crippen LogP contribution is -2.51. The molecule has 0 aromatic heterocycles. The van der Waals surface area contributed by atoms with Crippen LogP contribution in [0.15, 0.2) is 35.5 Å². The molecule has 0 radical (unpaired) electrons. The molecule has 0 saturated carbocycles. The van der Waals surface area contributed by atoms with Crippen molar-refractivity contribution < 1.29 is 9.63 Å². The summed E-state index contributed by atoms with van der Waals surface area (Å²) < 4.78 is 0. The van der Waals surface area contributed by atoms with Gasteiger partial charge in [-0.15, -0.1) is 0 Å². The van der Waals surface area contributed by atoms with Gasteiger partial charge in [0.1, 0.15) is 5.71 Å². The zero-order valence-electron chi connectivity index (χ0n) is 14.4. The second kappa shape index (κ2) is 7.77. The van der Waals surface area contributed by atoms with E-state index in [2.05, 4.69) is 34.2 Å². The Morgan fingerprint density at radius 1 is 1.29 bits per heavy atom. The van der Waals surface area contributed by atoms with Crippen molar-refractivity contribution >= 4 is 11.6 Å². The van der Waals surface area contributed by atoms with Crippen molar-refractivity contribution in [2.75, 3.05) is 39.8 Å². The van der Waals surface area contributed by atoms with Gasteiger partial charge in [0.15, 0.2) is 6.10 Å². The third-order valence-corrected chi connectivity index (χ3v) is 4.82. The van der Waals surface area contributed by atoms with E-state index in [1.165, 1.54) is 0 Å². The van der Waals surface area contributed by atoms with E-state index in [4.69, 9.17) is 4.84 Å². The molecule has 3 rings (SSSR count). The Bertz CT molecular complexity index is 582. The molecule has 1 aromatic carbocycles. The number of benzene rings is 1. The van der Waals surface area contributed by atoms with E-state index < -0.39 is 0 Å². The number of nitrogens with one attached hydrogen (secondary N) is 1. The first-order chi connectivity index (χ1) is 11.6. The highest BCUT2D eigenvalue weighted by Gasteiger charge is 2.28. The summed E-state index contributed by atoms with van der Waals surface area (Å²) in [7, 11) is 2.14. The second-order valence-electron chi connectivity index (χ2n) is 6.65. The summed E-state index contributed by atoms with van der Waals surface area (Å²) in [6.07, 6.45) is 0.376. The molecule has 130 valence electrons. The monoisotopic (exact) mass is 330 g/mol. The van der Waals surface area contributed by atoms with Crippen LogP contribution in [0.25, 0.3) is 0 Å². The average molecular weight is 330 g/mol. The van der Waals surface area contributed by atoms with Gasteiger partial charge in [-0.05, 0) is 19.5 Å². The maximum Gasteiger partial charge on any atom is 0.269 e. The van der Waals surface area contributed by atoms with Gasteiger partial charge in [0.2, 0.25) is 0 Å². The van der Waals surface area contributed by atoms with E-state index in [0.717, 1.165) is 31.7 Å². The summed E-state index contributed by atoms with van der Waals surface area (Å²) in [5, 5.41) is 6.98. The topological polar surface area (TPSA) is 57.2 Å². The Labute approximate surface area is 143 Å². The fraction of sp³-hybridized carbons (Fsp3) is 0.556. The van der Waals surface area contributed by atoms with Gasteiger partial charge in [-0.25, -0.2) is 0 Å². The van der Waals surface area contributed by atoms with E-state index in [0.29, 0.717) is 24.7 Å². The molecule has 0 aliphatic carbocycles. The number of carbonyl (C=O) groups excluding carboxylic acids is 1. The Morgan fingerprint density at radius 3 is 2.71 bits per heavy atom. The van der Waals surface area contributed by atoms with Gasteiger partial charge in [-0.2, -0.15) is 0 Å². The number of rotatable bonds is 5. The number of hydrogen-bond acceptors (Lipinski definition) is 5. The summed E-state index contributed by atoms with van der Waals surface area (Å²) in [5.41, 5.74) is 1.53. The minimum Gasteiger partial charge on any atom is -0.387 e. The molecule has 2 aliphatic rings. The van der Waals surface area contributed by atoms with Crippen LogP contribution in [0.1, 0.15) is 25.0 Å². The van der Waals surface area contributed by atoms with Crippen LogP contribution >= 0.6 is 0 Å². The third-order valence-electron chi connectivity index (χ3n) is 4.82. The number of nitrogens with zero attached hydrogens (tertiary/aromatic N) is 3. The lowest BCUT2D eigenvalue weighted by atomic mass is 10.0. The molecule has 2 aliphatic heterocycles. The van der Waals surface area contributed by atoms with E-state index in [9.17, 15) is 4.79 Å². The van der Waals surface area contributed by atoms with Gasteiger partial charge in [0.25, 0.3) is 5.91 Å². The minimum atomic E-state index is -0.151. The summed E-state index contributed by atoms with van der Waals surface area (Å²) in [4.78, 5) is 22.5. The van der Waals surface area contributed by atoms with Crippen LogP contribution < -0.4 is 5.32 Å². The highest BCUT2D eigenvalue weighted by molar-refractivity contribution is 6.39. The van der Waals surface area contributed by atoms with Crippen molar-refractivity contribution in [2.24, 2.45) is 5.16 Å². The maximum absolute atomic E-state index is 12.3. The van der Waals surface area contributed by atoms with E-state index >= 15 is 0 Å². The van der Waals surface area contributed by atoms with Gasteiger partial charge in [-0.1, -0.05) is 35.5 Å². The summed E-state index contributed by atoms with van der Waals surface area (Å²) in [6.45, 7) is 7.05. The van der Waals surface area contributed by atoms with Gasteiger partial charge in [0, 0.05) is 45.2 Å². The van der Waals surface area contributed by atoms with Crippen molar-refractivity contribution in [1.29, 1.82) is 0 Å². The van der Waals surface area contributed by atoms with Gasteiger partial charge in [-0.3, -0.25) is 9.69 Å². The summed E-state index contributed by atoms with van der Waals surface area (Å²) >= 11 is 0. The number of carbonyl (C=O) groups is 1. The van der Waals surface area contributed by atoms with Crippen molar-refractivity contribution in [3.8, 4) is 0 Å². The van der Waals surface area contributed by atoms with E-state index in [1.807, 2.05) is 30.3 Å². The molecule has 2 atom stereocenters. The quantitative estimate of drug-likeness (QED) is 0.883. The third kappa shape index (κ3) is 4.13. The highest BCUT2D eigenvalue weighted by Crippen LogP contribution is 2.26. The van der Waals surface area contributed by atoms with Gasteiger partial charge < -0.3 is 15.1 Å². The molecule has 2 heterocycles. The first-order valence-corrected chi connectivity index (χ1v) is 8.62. The molecule has 1 amide bonds. The molecule has 2 unspecified atom stereocenters. The second-order valence-corrected chi connectivity index (χ2v) is 6.65. The van der Waals surface area contributed by atoms with Gasteiger partial charge >= 0.3 is 0 Å². The molecule has 1 aromatic rings. The number of likely N-dealkylation sites (N-methyl/N-ethyl adjacent to an activating group) is 1. The van der Waals surface area contributed by atoms with Crippen molar-refractivity contribution in [3.63, 3.8) is 0 Å². The average Bonchev–Trinajstić information content (AvgIpc) is 3.11. The minimum absolute atomic E-state index is 0.116. The van der Waals surface area contributed by atoms with Crippen LogP contribution in [0.5, 0.6) is 0 Å². The van der Waals surface area contributed by atoms with E-state index in [1.54, 1.807) is 0 Å². The van der Waals surface area contributed by atoms with Crippen LogP contribution in [-0.4, -0.2) is 67.2 Å². The highest BCUT2D eigenvalue weighted by atomic mass is 16.6. The standard InChI is InChI=1S/C18H26N4O2/c1-14(22-10-8-21(2)9-11-22)13-19-18(23)16-12-17(24-20-16)15-6-4-3-5-7-15/h3-7,14,17H,8-13H2,1-2H3,(H,19,23). The van der Waals surface area contributed by atoms with Crippen LogP contribution in [0, 0.1) is 0 Å². The van der Waals surface area contributed by atoms with Crippen LogP contribution in [-0.2, 0) is 9.63 Å². The first-order valence-electron chi connectivity index (χ1n) is 8.62. The number of piperazine rings is 1. The van der Waals surface area contributed by atoms with Crippen molar-refractivity contribution in [3.05, 3.63) is 35.9 Å². The lowest BCUT2D eigenvalue weighted by Gasteiger charge is -2.36. The fourth-order valence-corrected chi connectivity index (χ4v) is 3.09. The predicted molar refractivity (Wildman–Crippen MR) is 93.9 cm³/mol. The molecule has 6 nitrogen and oxygen atoms in total. The normalized spacial score (nSPS) is 23.4. The number of hydrogen-bond donors (Lipinski definition) is 1. The van der Waals surface area contributed by atoms with E-state index in [-0.39, 0.29) is 12.0 Å². The van der Waals surface area contributed by atoms with Crippen molar-refractivity contribution in [1.82, 2.24) is 15.1 Å². The molecule has 6 heteroatoms. The number of amides is 1. The number of oxime groups is 1. The Balaban J connectivity index is 1.44. The molecule has 24 heavy (non-hydrogen) atoms. The van der Waals surface area contributed by atoms with Gasteiger partial charge in [0.05, 0.1) is 0 Å². The smallest absolute Gasteiger partial charge is 0.269 e. The largest absolute Gasteiger partial charge is 0.387 e. The maximum atomic E-state index is 12.3. The fourth-order valence-electron chi connectivity index (χ4n) is 3.09. The molecular weight excluding hydrogens is 304 g/mol. The molecular formula is C18H26N4O2. The first kappa shape index (κ1) is 16.9. The molecule has 1 N–H and O–H groups in total. The molecule has 1 fully saturated rings. The SMILES string of the molecule is CC(CNC(=O)C1=NOC(c2ccccc2)C1)N1CCN(C)CC1. The molecule has 1 saturated heterocycles. The molecule has 0 bridgehead atoms. The Hall–Kier alpha value is -1.92. The zero-order chi connectivity index (χ0) is 16.9.